The maximum Gasteiger partial charge on any atom is 0.326 e. The average molecular weight is 411 g/mol. The molecule has 0 aliphatic rings. The fourth-order valence-electron chi connectivity index (χ4n) is 3.36. The molecule has 0 fully saturated rings. The third-order valence-corrected chi connectivity index (χ3v) is 5.25. The Balaban J connectivity index is 3.47. The topological polar surface area (TPSA) is 92.4 Å². The summed E-state index contributed by atoms with van der Waals surface area (Å²) in [5.41, 5.74) is 5.43. The van der Waals surface area contributed by atoms with E-state index in [-0.39, 0.29) is 5.91 Å². The molecule has 5 heteroatoms. The van der Waals surface area contributed by atoms with Crippen LogP contribution in [0.25, 0.3) is 0 Å². The molecule has 29 heavy (non-hydrogen) atoms. The third-order valence-electron chi connectivity index (χ3n) is 5.25. The van der Waals surface area contributed by atoms with Crippen molar-refractivity contribution in [3.8, 4) is 0 Å². The van der Waals surface area contributed by atoms with Gasteiger partial charge in [0.25, 0.3) is 0 Å². The largest absolute Gasteiger partial charge is 0.480 e. The van der Waals surface area contributed by atoms with Crippen LogP contribution in [0.2, 0.25) is 0 Å². The van der Waals surface area contributed by atoms with Crippen LogP contribution >= 0.6 is 0 Å². The fourth-order valence-corrected chi connectivity index (χ4v) is 3.36. The summed E-state index contributed by atoms with van der Waals surface area (Å²) in [6.45, 7) is 2.78. The molecule has 0 unspecified atom stereocenters. The molecule has 0 aromatic rings. The first-order valence-electron chi connectivity index (χ1n) is 12.0. The first-order chi connectivity index (χ1) is 14.1. The van der Waals surface area contributed by atoms with E-state index in [1.54, 1.807) is 0 Å². The number of unbranched alkanes of at least 4 members (excludes halogenated alkanes) is 12. The van der Waals surface area contributed by atoms with Crippen LogP contribution in [-0.2, 0) is 9.59 Å². The molecule has 0 bridgehead atoms. The number of carbonyl (C=O) groups excluding carboxylic acids is 1. The number of hydrogen-bond donors (Lipinski definition) is 3. The highest BCUT2D eigenvalue weighted by Gasteiger charge is 2.18. The summed E-state index contributed by atoms with van der Waals surface area (Å²) < 4.78 is 0. The Morgan fingerprint density at radius 2 is 1.38 bits per heavy atom. The molecule has 0 heterocycles. The maximum atomic E-state index is 11.9. The number of nitrogens with one attached hydrogen (secondary N) is 1. The highest BCUT2D eigenvalue weighted by Crippen LogP contribution is 2.12. The molecule has 0 aromatic carbocycles. The summed E-state index contributed by atoms with van der Waals surface area (Å²) in [5, 5.41) is 11.8. The minimum atomic E-state index is -0.956. The zero-order chi connectivity index (χ0) is 21.6. The van der Waals surface area contributed by atoms with Crippen LogP contribution in [0.3, 0.4) is 0 Å². The van der Waals surface area contributed by atoms with E-state index in [0.29, 0.717) is 19.4 Å². The Morgan fingerprint density at radius 1 is 0.828 bits per heavy atom. The molecule has 170 valence electrons. The van der Waals surface area contributed by atoms with Crippen molar-refractivity contribution >= 4 is 11.9 Å². The van der Waals surface area contributed by atoms with E-state index in [1.165, 1.54) is 64.2 Å². The molecule has 1 amide bonds. The van der Waals surface area contributed by atoms with Gasteiger partial charge in [-0.2, -0.15) is 0 Å². The standard InChI is InChI=1S/C24H46N2O3/c1-2-3-4-5-6-7-8-9-10-11-12-13-14-15-16-20-23(27)26-22(24(28)29)19-17-18-21-25/h5-6,22H,2-4,7-21,25H2,1H3,(H,26,27)(H,28,29)/b6-5-/t22-/m0/s1. The lowest BCUT2D eigenvalue weighted by atomic mass is 10.0. The van der Waals surface area contributed by atoms with Crippen molar-refractivity contribution in [2.75, 3.05) is 6.54 Å². The number of aliphatic carboxylic acids is 1. The quantitative estimate of drug-likeness (QED) is 0.167. The van der Waals surface area contributed by atoms with E-state index >= 15 is 0 Å². The summed E-state index contributed by atoms with van der Waals surface area (Å²) in [5.74, 6) is -1.10. The number of carboxylic acids is 1. The van der Waals surface area contributed by atoms with Gasteiger partial charge in [-0.1, -0.05) is 76.9 Å². The Labute approximate surface area is 178 Å². The van der Waals surface area contributed by atoms with Crippen molar-refractivity contribution in [3.63, 3.8) is 0 Å². The fraction of sp³-hybridized carbons (Fsp3) is 0.833. The van der Waals surface area contributed by atoms with Crippen LogP contribution in [0.1, 0.15) is 116 Å². The molecule has 0 saturated carbocycles. The molecule has 1 atom stereocenters. The van der Waals surface area contributed by atoms with E-state index in [9.17, 15) is 14.7 Å². The number of hydrogen-bond acceptors (Lipinski definition) is 3. The minimum absolute atomic E-state index is 0.145. The maximum absolute atomic E-state index is 11.9. The predicted octanol–water partition coefficient (Wildman–Crippen LogP) is 5.72. The zero-order valence-corrected chi connectivity index (χ0v) is 18.8. The third kappa shape index (κ3) is 19.7. The van der Waals surface area contributed by atoms with Crippen LogP contribution in [0, 0.1) is 0 Å². The van der Waals surface area contributed by atoms with Gasteiger partial charge in [0.05, 0.1) is 0 Å². The van der Waals surface area contributed by atoms with Crippen LogP contribution in [0.4, 0.5) is 0 Å². The smallest absolute Gasteiger partial charge is 0.326 e. The van der Waals surface area contributed by atoms with Gasteiger partial charge in [-0.25, -0.2) is 4.79 Å². The van der Waals surface area contributed by atoms with Gasteiger partial charge in [-0.05, 0) is 51.5 Å². The van der Waals surface area contributed by atoms with Crippen LogP contribution < -0.4 is 11.1 Å². The normalized spacial score (nSPS) is 12.3. The number of rotatable bonds is 21. The van der Waals surface area contributed by atoms with Gasteiger partial charge in [0, 0.05) is 6.42 Å². The van der Waals surface area contributed by atoms with E-state index < -0.39 is 12.0 Å². The van der Waals surface area contributed by atoms with Gasteiger partial charge in [-0.15, -0.1) is 0 Å². The SMILES string of the molecule is CCCC/C=C\CCCCCCCCCCCC(=O)N[C@@H](CCCCN)C(=O)O. The molecule has 0 aliphatic heterocycles. The number of allylic oxidation sites excluding steroid dienone is 2. The van der Waals surface area contributed by atoms with Gasteiger partial charge >= 0.3 is 5.97 Å². The Morgan fingerprint density at radius 3 is 1.93 bits per heavy atom. The Hall–Kier alpha value is -1.36. The van der Waals surface area contributed by atoms with Crippen LogP contribution in [-0.4, -0.2) is 29.6 Å². The molecule has 4 N–H and O–H groups in total. The highest BCUT2D eigenvalue weighted by atomic mass is 16.4. The second kappa shape index (κ2) is 21.4. The summed E-state index contributed by atoms with van der Waals surface area (Å²) >= 11 is 0. The van der Waals surface area contributed by atoms with Crippen molar-refractivity contribution in [1.29, 1.82) is 0 Å². The molecular weight excluding hydrogens is 364 g/mol. The number of amides is 1. The summed E-state index contributed by atoms with van der Waals surface area (Å²) in [6.07, 6.45) is 22.9. The Kier molecular flexibility index (Phi) is 20.3. The average Bonchev–Trinajstić information content (AvgIpc) is 2.70. The van der Waals surface area contributed by atoms with E-state index in [0.717, 1.165) is 32.1 Å². The molecule has 0 radical (unpaired) electrons. The zero-order valence-electron chi connectivity index (χ0n) is 18.8. The lowest BCUT2D eigenvalue weighted by Gasteiger charge is -2.14. The molecule has 0 saturated heterocycles. The predicted molar refractivity (Wildman–Crippen MR) is 122 cm³/mol. The molecule has 0 aromatic heterocycles. The first kappa shape index (κ1) is 27.6. The molecule has 0 rings (SSSR count). The molecular formula is C24H46N2O3. The van der Waals surface area contributed by atoms with Crippen molar-refractivity contribution in [1.82, 2.24) is 5.32 Å². The first-order valence-corrected chi connectivity index (χ1v) is 12.0. The summed E-state index contributed by atoms with van der Waals surface area (Å²) in [4.78, 5) is 23.1. The number of carbonyl (C=O) groups is 2. The monoisotopic (exact) mass is 410 g/mol. The van der Waals surface area contributed by atoms with E-state index in [4.69, 9.17) is 5.73 Å². The molecule has 5 nitrogen and oxygen atoms in total. The van der Waals surface area contributed by atoms with Crippen molar-refractivity contribution < 1.29 is 14.7 Å². The van der Waals surface area contributed by atoms with E-state index in [2.05, 4.69) is 24.4 Å². The van der Waals surface area contributed by atoms with Gasteiger partial charge < -0.3 is 16.2 Å². The molecule has 0 spiro atoms. The van der Waals surface area contributed by atoms with Crippen molar-refractivity contribution in [3.05, 3.63) is 12.2 Å². The minimum Gasteiger partial charge on any atom is -0.480 e. The number of carboxylic acid groups (broad SMARTS) is 1. The van der Waals surface area contributed by atoms with Crippen molar-refractivity contribution in [2.24, 2.45) is 5.73 Å². The van der Waals surface area contributed by atoms with Gasteiger partial charge in [0.1, 0.15) is 6.04 Å². The summed E-state index contributed by atoms with van der Waals surface area (Å²) in [7, 11) is 0. The Bertz CT molecular complexity index is 424. The van der Waals surface area contributed by atoms with Gasteiger partial charge in [-0.3, -0.25) is 4.79 Å². The lowest BCUT2D eigenvalue weighted by molar-refractivity contribution is -0.142. The number of nitrogens with two attached hydrogens (primary N) is 1. The second-order valence-corrected chi connectivity index (χ2v) is 8.08. The highest BCUT2D eigenvalue weighted by molar-refractivity contribution is 5.83. The second-order valence-electron chi connectivity index (χ2n) is 8.08. The lowest BCUT2D eigenvalue weighted by Crippen LogP contribution is -2.40. The molecule has 0 aliphatic carbocycles. The summed E-state index contributed by atoms with van der Waals surface area (Å²) in [6, 6.07) is -0.777. The van der Waals surface area contributed by atoms with Gasteiger partial charge in [0.15, 0.2) is 0 Å². The van der Waals surface area contributed by atoms with Crippen LogP contribution in [0.15, 0.2) is 12.2 Å². The van der Waals surface area contributed by atoms with Gasteiger partial charge in [0.2, 0.25) is 5.91 Å². The van der Waals surface area contributed by atoms with Crippen LogP contribution in [0.5, 0.6) is 0 Å². The van der Waals surface area contributed by atoms with E-state index in [1.807, 2.05) is 0 Å². The van der Waals surface area contributed by atoms with Crippen molar-refractivity contribution in [2.45, 2.75) is 122 Å².